The number of allylic oxidation sites excluding steroid dienone is 2. The van der Waals surface area contributed by atoms with Gasteiger partial charge >= 0.3 is 0 Å². The maximum atomic E-state index is 11.5. The fourth-order valence-corrected chi connectivity index (χ4v) is 3.41. The summed E-state index contributed by atoms with van der Waals surface area (Å²) in [6.07, 6.45) is 13.3. The van der Waals surface area contributed by atoms with Gasteiger partial charge in [0.1, 0.15) is 5.78 Å². The molecular weight excluding hydrogens is 196 g/mol. The molecule has 0 heterocycles. The first-order valence-corrected chi connectivity index (χ1v) is 6.96. The number of ketones is 1. The lowest BCUT2D eigenvalue weighted by Gasteiger charge is -2.25. The Balaban J connectivity index is 1.90. The highest BCUT2D eigenvalue weighted by atomic mass is 16.1. The van der Waals surface area contributed by atoms with Crippen molar-refractivity contribution in [3.8, 4) is 0 Å². The van der Waals surface area contributed by atoms with Crippen molar-refractivity contribution in [2.45, 2.75) is 64.7 Å². The van der Waals surface area contributed by atoms with E-state index in [1.54, 1.807) is 5.57 Å². The van der Waals surface area contributed by atoms with Gasteiger partial charge in [-0.15, -0.1) is 0 Å². The highest BCUT2D eigenvalue weighted by Gasteiger charge is 2.25. The number of hydrogen-bond acceptors (Lipinski definition) is 1. The van der Waals surface area contributed by atoms with E-state index in [1.165, 1.54) is 38.5 Å². The second-order valence-corrected chi connectivity index (χ2v) is 5.55. The van der Waals surface area contributed by atoms with Crippen LogP contribution in [0, 0.1) is 11.8 Å². The zero-order valence-electron chi connectivity index (χ0n) is 10.5. The Hall–Kier alpha value is -0.590. The third-order valence-electron chi connectivity index (χ3n) is 4.38. The van der Waals surface area contributed by atoms with Crippen LogP contribution in [0.15, 0.2) is 11.6 Å². The first-order valence-electron chi connectivity index (χ1n) is 6.96. The van der Waals surface area contributed by atoms with Crippen LogP contribution >= 0.6 is 0 Å². The quantitative estimate of drug-likeness (QED) is 0.649. The summed E-state index contributed by atoms with van der Waals surface area (Å²) >= 11 is 0. The molecule has 1 unspecified atom stereocenters. The zero-order chi connectivity index (χ0) is 11.4. The van der Waals surface area contributed by atoms with E-state index in [-0.39, 0.29) is 0 Å². The summed E-state index contributed by atoms with van der Waals surface area (Å²) < 4.78 is 0. The zero-order valence-corrected chi connectivity index (χ0v) is 10.5. The van der Waals surface area contributed by atoms with Crippen molar-refractivity contribution in [3.05, 3.63) is 11.6 Å². The van der Waals surface area contributed by atoms with Crippen molar-refractivity contribution in [3.63, 3.8) is 0 Å². The minimum atomic E-state index is 0.488. The third kappa shape index (κ3) is 2.96. The molecule has 2 aliphatic rings. The van der Waals surface area contributed by atoms with Crippen LogP contribution in [0.25, 0.3) is 0 Å². The molecule has 0 amide bonds. The minimum absolute atomic E-state index is 0.488. The topological polar surface area (TPSA) is 17.1 Å². The lowest BCUT2D eigenvalue weighted by Crippen LogP contribution is -2.18. The number of Topliss-reactive ketones (excluding diaryl/α,β-unsaturated/α-hetero) is 1. The van der Waals surface area contributed by atoms with E-state index in [2.05, 4.69) is 13.0 Å². The number of rotatable bonds is 3. The summed E-state index contributed by atoms with van der Waals surface area (Å²) in [5.41, 5.74) is 1.58. The molecule has 2 saturated carbocycles. The molecule has 0 radical (unpaired) electrons. The number of hydrogen-bond donors (Lipinski definition) is 0. The molecule has 90 valence electrons. The lowest BCUT2D eigenvalue weighted by molar-refractivity contribution is -0.121. The van der Waals surface area contributed by atoms with E-state index in [4.69, 9.17) is 0 Å². The Labute approximate surface area is 99.3 Å². The van der Waals surface area contributed by atoms with Gasteiger partial charge in [-0.05, 0) is 38.0 Å². The molecule has 1 atom stereocenters. The second kappa shape index (κ2) is 5.65. The van der Waals surface area contributed by atoms with Gasteiger partial charge in [-0.2, -0.15) is 0 Å². The van der Waals surface area contributed by atoms with E-state index < -0.39 is 0 Å². The van der Waals surface area contributed by atoms with E-state index >= 15 is 0 Å². The standard InChI is InChI=1S/C15H24O/c1-2-13(10-12-6-3-4-7-12)14-8-5-9-15(16)11-14/h2,12,14H,3-11H2,1H3/b13-2-. The first kappa shape index (κ1) is 11.9. The summed E-state index contributed by atoms with van der Waals surface area (Å²) in [6.45, 7) is 2.16. The van der Waals surface area contributed by atoms with Gasteiger partial charge in [0.2, 0.25) is 0 Å². The van der Waals surface area contributed by atoms with Crippen LogP contribution in [0.2, 0.25) is 0 Å². The van der Waals surface area contributed by atoms with Crippen molar-refractivity contribution in [2.75, 3.05) is 0 Å². The molecular formula is C15H24O. The fourth-order valence-electron chi connectivity index (χ4n) is 3.41. The Morgan fingerprint density at radius 1 is 1.25 bits per heavy atom. The highest BCUT2D eigenvalue weighted by molar-refractivity contribution is 5.79. The van der Waals surface area contributed by atoms with E-state index in [1.807, 2.05) is 0 Å². The Bertz CT molecular complexity index is 271. The van der Waals surface area contributed by atoms with E-state index in [0.717, 1.165) is 25.2 Å². The Kier molecular flexibility index (Phi) is 4.20. The summed E-state index contributed by atoms with van der Waals surface area (Å²) in [6, 6.07) is 0. The van der Waals surface area contributed by atoms with Gasteiger partial charge in [-0.25, -0.2) is 0 Å². The monoisotopic (exact) mass is 220 g/mol. The molecule has 0 N–H and O–H groups in total. The van der Waals surface area contributed by atoms with Gasteiger partial charge in [-0.1, -0.05) is 37.3 Å². The molecule has 1 nitrogen and oxygen atoms in total. The van der Waals surface area contributed by atoms with Crippen molar-refractivity contribution in [1.29, 1.82) is 0 Å². The average molecular weight is 220 g/mol. The van der Waals surface area contributed by atoms with Crippen LogP contribution in [-0.4, -0.2) is 5.78 Å². The van der Waals surface area contributed by atoms with Gasteiger partial charge in [0, 0.05) is 12.8 Å². The van der Waals surface area contributed by atoms with Crippen molar-refractivity contribution >= 4 is 5.78 Å². The molecule has 0 aromatic carbocycles. The maximum Gasteiger partial charge on any atom is 0.133 e. The van der Waals surface area contributed by atoms with Crippen molar-refractivity contribution in [2.24, 2.45) is 11.8 Å². The molecule has 0 saturated heterocycles. The van der Waals surface area contributed by atoms with Gasteiger partial charge in [0.25, 0.3) is 0 Å². The summed E-state index contributed by atoms with van der Waals surface area (Å²) in [5, 5.41) is 0. The van der Waals surface area contributed by atoms with Crippen LogP contribution in [0.1, 0.15) is 64.7 Å². The number of carbonyl (C=O) groups is 1. The van der Waals surface area contributed by atoms with E-state index in [9.17, 15) is 4.79 Å². The smallest absolute Gasteiger partial charge is 0.133 e. The summed E-state index contributed by atoms with van der Waals surface area (Å²) in [5.74, 6) is 2.00. The number of carbonyl (C=O) groups excluding carboxylic acids is 1. The predicted octanol–water partition coefficient (Wildman–Crippen LogP) is 4.27. The molecule has 0 aliphatic heterocycles. The van der Waals surface area contributed by atoms with Crippen LogP contribution in [-0.2, 0) is 4.79 Å². The van der Waals surface area contributed by atoms with Crippen molar-refractivity contribution in [1.82, 2.24) is 0 Å². The van der Waals surface area contributed by atoms with Gasteiger partial charge in [0.15, 0.2) is 0 Å². The largest absolute Gasteiger partial charge is 0.300 e. The lowest BCUT2D eigenvalue weighted by atomic mass is 9.79. The first-order chi connectivity index (χ1) is 7.79. The van der Waals surface area contributed by atoms with Gasteiger partial charge in [0.05, 0.1) is 0 Å². The molecule has 16 heavy (non-hydrogen) atoms. The normalized spacial score (nSPS) is 28.7. The molecule has 0 bridgehead atoms. The van der Waals surface area contributed by atoms with Crippen LogP contribution in [0.4, 0.5) is 0 Å². The van der Waals surface area contributed by atoms with E-state index in [0.29, 0.717) is 11.7 Å². The Morgan fingerprint density at radius 2 is 2.00 bits per heavy atom. The molecule has 0 spiro atoms. The third-order valence-corrected chi connectivity index (χ3v) is 4.38. The van der Waals surface area contributed by atoms with Gasteiger partial charge in [-0.3, -0.25) is 4.79 Å². The Morgan fingerprint density at radius 3 is 2.62 bits per heavy atom. The van der Waals surface area contributed by atoms with Crippen molar-refractivity contribution < 1.29 is 4.79 Å². The fraction of sp³-hybridized carbons (Fsp3) is 0.800. The highest BCUT2D eigenvalue weighted by Crippen LogP contribution is 2.36. The average Bonchev–Trinajstić information content (AvgIpc) is 2.78. The predicted molar refractivity (Wildman–Crippen MR) is 67.3 cm³/mol. The summed E-state index contributed by atoms with van der Waals surface area (Å²) in [7, 11) is 0. The molecule has 2 aliphatic carbocycles. The van der Waals surface area contributed by atoms with Crippen LogP contribution < -0.4 is 0 Å². The molecule has 2 fully saturated rings. The van der Waals surface area contributed by atoms with Crippen LogP contribution in [0.5, 0.6) is 0 Å². The van der Waals surface area contributed by atoms with Crippen LogP contribution in [0.3, 0.4) is 0 Å². The van der Waals surface area contributed by atoms with Gasteiger partial charge < -0.3 is 0 Å². The molecule has 2 rings (SSSR count). The second-order valence-electron chi connectivity index (χ2n) is 5.55. The molecule has 1 heteroatoms. The summed E-state index contributed by atoms with van der Waals surface area (Å²) in [4.78, 5) is 11.5. The SMILES string of the molecule is C/C=C(/CC1CCCC1)C1CCCC(=O)C1. The maximum absolute atomic E-state index is 11.5. The molecule has 0 aromatic heterocycles. The minimum Gasteiger partial charge on any atom is -0.300 e. The molecule has 0 aromatic rings.